The average molecular weight is 498 g/mol. The van der Waals surface area contributed by atoms with Crippen molar-refractivity contribution in [3.8, 4) is 16.3 Å². The molecule has 0 unspecified atom stereocenters. The Bertz CT molecular complexity index is 1340. The van der Waals surface area contributed by atoms with Crippen LogP contribution in [0.25, 0.3) is 10.6 Å². The number of aromatic nitrogens is 1. The monoisotopic (exact) mass is 497 g/mol. The van der Waals surface area contributed by atoms with Crippen LogP contribution < -0.4 is 4.74 Å². The molecule has 1 saturated heterocycles. The molecular weight excluding hydrogens is 470 g/mol. The van der Waals surface area contributed by atoms with Crippen LogP contribution in [0.15, 0.2) is 84.2 Å². The molecule has 0 spiro atoms. The molecule has 1 aliphatic heterocycles. The van der Waals surface area contributed by atoms with Crippen LogP contribution in [0.5, 0.6) is 5.75 Å². The number of rotatable bonds is 7. The fraction of sp³-hybridized carbons (Fsp3) is 0.207. The summed E-state index contributed by atoms with van der Waals surface area (Å²) in [5.74, 6) is 0.606. The SMILES string of the molecule is COc1ccc(-c2nc(CN3CCN(C(=O)c4ccccc4C(=O)c4ccccc4)CC3)cs2)cc1. The van der Waals surface area contributed by atoms with Gasteiger partial charge < -0.3 is 9.64 Å². The van der Waals surface area contributed by atoms with Crippen LogP contribution in [0.3, 0.4) is 0 Å². The number of carbonyl (C=O) groups is 2. The number of amides is 1. The Labute approximate surface area is 214 Å². The van der Waals surface area contributed by atoms with Gasteiger partial charge in [-0.05, 0) is 30.3 Å². The first-order chi connectivity index (χ1) is 17.6. The van der Waals surface area contributed by atoms with Gasteiger partial charge in [-0.15, -0.1) is 11.3 Å². The standard InChI is InChI=1S/C29H27N3O3S/c1-35-24-13-11-22(12-14-24)28-30-23(20-36-28)19-31-15-17-32(18-16-31)29(34)26-10-6-5-9-25(26)27(33)21-7-3-2-4-8-21/h2-14,20H,15-19H2,1H3. The lowest BCUT2D eigenvalue weighted by Crippen LogP contribution is -2.48. The Kier molecular flexibility index (Phi) is 7.21. The van der Waals surface area contributed by atoms with Crippen molar-refractivity contribution in [2.24, 2.45) is 0 Å². The Morgan fingerprint density at radius 2 is 1.53 bits per heavy atom. The highest BCUT2D eigenvalue weighted by Crippen LogP contribution is 2.26. The number of ether oxygens (including phenoxy) is 1. The summed E-state index contributed by atoms with van der Waals surface area (Å²) in [5.41, 5.74) is 3.60. The Balaban J connectivity index is 1.21. The molecule has 7 heteroatoms. The molecular formula is C29H27N3O3S. The van der Waals surface area contributed by atoms with E-state index < -0.39 is 0 Å². The predicted molar refractivity (Wildman–Crippen MR) is 142 cm³/mol. The largest absolute Gasteiger partial charge is 0.497 e. The molecule has 4 aromatic rings. The van der Waals surface area contributed by atoms with E-state index in [1.165, 1.54) is 0 Å². The summed E-state index contributed by atoms with van der Waals surface area (Å²) in [6.07, 6.45) is 0. The molecule has 1 aromatic heterocycles. The van der Waals surface area contributed by atoms with Crippen molar-refractivity contribution in [1.29, 1.82) is 0 Å². The van der Waals surface area contributed by atoms with E-state index in [1.807, 2.05) is 53.4 Å². The summed E-state index contributed by atoms with van der Waals surface area (Å²) < 4.78 is 5.23. The molecule has 36 heavy (non-hydrogen) atoms. The number of benzene rings is 3. The molecule has 2 heterocycles. The smallest absolute Gasteiger partial charge is 0.254 e. The normalized spacial score (nSPS) is 14.0. The van der Waals surface area contributed by atoms with Crippen molar-refractivity contribution in [1.82, 2.24) is 14.8 Å². The van der Waals surface area contributed by atoms with Gasteiger partial charge in [0.2, 0.25) is 0 Å². The fourth-order valence-corrected chi connectivity index (χ4v) is 5.18. The zero-order chi connectivity index (χ0) is 24.9. The highest BCUT2D eigenvalue weighted by molar-refractivity contribution is 7.13. The number of hydrogen-bond donors (Lipinski definition) is 0. The molecule has 3 aromatic carbocycles. The van der Waals surface area contributed by atoms with E-state index in [0.29, 0.717) is 29.8 Å². The van der Waals surface area contributed by atoms with Gasteiger partial charge in [0, 0.05) is 54.8 Å². The third kappa shape index (κ3) is 5.22. The number of methoxy groups -OCH3 is 1. The topological polar surface area (TPSA) is 62.7 Å². The van der Waals surface area contributed by atoms with Gasteiger partial charge in [0.05, 0.1) is 18.4 Å². The third-order valence-corrected chi connectivity index (χ3v) is 7.31. The zero-order valence-corrected chi connectivity index (χ0v) is 20.9. The quantitative estimate of drug-likeness (QED) is 0.336. The molecule has 1 amide bonds. The maximum atomic E-state index is 13.4. The fourth-order valence-electron chi connectivity index (χ4n) is 4.37. The highest BCUT2D eigenvalue weighted by atomic mass is 32.1. The first-order valence-electron chi connectivity index (χ1n) is 11.9. The van der Waals surface area contributed by atoms with Gasteiger partial charge in [-0.1, -0.05) is 48.5 Å². The van der Waals surface area contributed by atoms with Crippen LogP contribution in [-0.4, -0.2) is 59.8 Å². The van der Waals surface area contributed by atoms with E-state index >= 15 is 0 Å². The minimum Gasteiger partial charge on any atom is -0.497 e. The molecule has 0 saturated carbocycles. The lowest BCUT2D eigenvalue weighted by molar-refractivity contribution is 0.0624. The highest BCUT2D eigenvalue weighted by Gasteiger charge is 2.26. The summed E-state index contributed by atoms with van der Waals surface area (Å²) in [6, 6.07) is 24.1. The zero-order valence-electron chi connectivity index (χ0n) is 20.1. The van der Waals surface area contributed by atoms with Gasteiger partial charge in [0.1, 0.15) is 10.8 Å². The van der Waals surface area contributed by atoms with Crippen LogP contribution in [-0.2, 0) is 6.54 Å². The van der Waals surface area contributed by atoms with Gasteiger partial charge in [0.25, 0.3) is 5.91 Å². The maximum absolute atomic E-state index is 13.4. The van der Waals surface area contributed by atoms with Gasteiger partial charge >= 0.3 is 0 Å². The second-order valence-electron chi connectivity index (χ2n) is 8.68. The summed E-state index contributed by atoms with van der Waals surface area (Å²) in [6.45, 7) is 3.49. The molecule has 5 rings (SSSR count). The maximum Gasteiger partial charge on any atom is 0.254 e. The Hall–Kier alpha value is -3.81. The van der Waals surface area contributed by atoms with E-state index in [4.69, 9.17) is 9.72 Å². The molecule has 1 aliphatic rings. The van der Waals surface area contributed by atoms with Crippen molar-refractivity contribution < 1.29 is 14.3 Å². The van der Waals surface area contributed by atoms with Crippen LogP contribution in [0.1, 0.15) is 32.0 Å². The van der Waals surface area contributed by atoms with Crippen molar-refractivity contribution >= 4 is 23.0 Å². The summed E-state index contributed by atoms with van der Waals surface area (Å²) >= 11 is 1.63. The van der Waals surface area contributed by atoms with Crippen molar-refractivity contribution in [3.63, 3.8) is 0 Å². The number of piperazine rings is 1. The van der Waals surface area contributed by atoms with Crippen molar-refractivity contribution in [3.05, 3.63) is 107 Å². The molecule has 0 radical (unpaired) electrons. The van der Waals surface area contributed by atoms with Gasteiger partial charge in [-0.25, -0.2) is 4.98 Å². The minimum atomic E-state index is -0.130. The molecule has 0 aliphatic carbocycles. The molecule has 0 atom stereocenters. The van der Waals surface area contributed by atoms with Crippen LogP contribution in [0.4, 0.5) is 0 Å². The predicted octanol–water partition coefficient (Wildman–Crippen LogP) is 5.01. The van der Waals surface area contributed by atoms with E-state index in [2.05, 4.69) is 10.3 Å². The summed E-state index contributed by atoms with van der Waals surface area (Å²) in [4.78, 5) is 35.4. The van der Waals surface area contributed by atoms with Crippen LogP contribution in [0, 0.1) is 0 Å². The minimum absolute atomic E-state index is 0.0926. The lowest BCUT2D eigenvalue weighted by Gasteiger charge is -2.34. The van der Waals surface area contributed by atoms with Crippen molar-refractivity contribution in [2.75, 3.05) is 33.3 Å². The number of hydrogen-bond acceptors (Lipinski definition) is 6. The lowest BCUT2D eigenvalue weighted by atomic mass is 9.97. The van der Waals surface area contributed by atoms with Gasteiger partial charge in [0.15, 0.2) is 5.78 Å². The summed E-state index contributed by atoms with van der Waals surface area (Å²) in [5, 5.41) is 3.09. The number of nitrogens with zero attached hydrogens (tertiary/aromatic N) is 3. The van der Waals surface area contributed by atoms with Crippen LogP contribution in [0.2, 0.25) is 0 Å². The third-order valence-electron chi connectivity index (χ3n) is 6.37. The van der Waals surface area contributed by atoms with Gasteiger partial charge in [-0.2, -0.15) is 0 Å². The van der Waals surface area contributed by atoms with E-state index in [0.717, 1.165) is 41.6 Å². The second kappa shape index (κ2) is 10.8. The first-order valence-corrected chi connectivity index (χ1v) is 12.8. The van der Waals surface area contributed by atoms with E-state index in [9.17, 15) is 9.59 Å². The van der Waals surface area contributed by atoms with Crippen LogP contribution >= 0.6 is 11.3 Å². The Morgan fingerprint density at radius 1 is 0.861 bits per heavy atom. The number of ketones is 1. The molecule has 182 valence electrons. The van der Waals surface area contributed by atoms with E-state index in [-0.39, 0.29) is 11.7 Å². The van der Waals surface area contributed by atoms with Crippen molar-refractivity contribution in [2.45, 2.75) is 6.54 Å². The molecule has 1 fully saturated rings. The first kappa shape index (κ1) is 23.9. The molecule has 6 nitrogen and oxygen atoms in total. The molecule has 0 N–H and O–H groups in total. The number of thiazole rings is 1. The Morgan fingerprint density at radius 3 is 2.22 bits per heavy atom. The molecule has 0 bridgehead atoms. The van der Waals surface area contributed by atoms with Gasteiger partial charge in [-0.3, -0.25) is 14.5 Å². The second-order valence-corrected chi connectivity index (χ2v) is 9.54. The number of carbonyl (C=O) groups excluding carboxylic acids is 2. The van der Waals surface area contributed by atoms with E-state index in [1.54, 1.807) is 48.8 Å². The average Bonchev–Trinajstić information content (AvgIpc) is 3.41. The summed E-state index contributed by atoms with van der Waals surface area (Å²) in [7, 11) is 1.66.